The number of fused-ring (bicyclic) bond motifs is 1. The van der Waals surface area contributed by atoms with Crippen molar-refractivity contribution in [3.8, 4) is 22.8 Å². The van der Waals surface area contributed by atoms with Gasteiger partial charge in [-0.25, -0.2) is 14.6 Å². The van der Waals surface area contributed by atoms with Gasteiger partial charge >= 0.3 is 11.9 Å². The van der Waals surface area contributed by atoms with Gasteiger partial charge in [-0.2, -0.15) is 0 Å². The lowest BCUT2D eigenvalue weighted by molar-refractivity contribution is -0.138. The zero-order chi connectivity index (χ0) is 33.8. The highest BCUT2D eigenvalue weighted by Crippen LogP contribution is 2.38. The molecule has 0 N–H and O–H groups in total. The molecule has 5 aromatic rings. The van der Waals surface area contributed by atoms with Gasteiger partial charge in [0.25, 0.3) is 5.56 Å². The molecule has 10 nitrogen and oxygen atoms in total. The zero-order valence-electron chi connectivity index (χ0n) is 26.7. The molecule has 6 rings (SSSR count). The Balaban J connectivity index is 1.50. The Kier molecular flexibility index (Phi) is 9.40. The monoisotopic (exact) mass is 664 g/mol. The predicted molar refractivity (Wildman–Crippen MR) is 181 cm³/mol. The Bertz CT molecular complexity index is 2190. The van der Waals surface area contributed by atoms with Crippen LogP contribution in [0.25, 0.3) is 23.1 Å². The molecular weight excluding hydrogens is 632 g/mol. The zero-order valence-corrected chi connectivity index (χ0v) is 27.5. The summed E-state index contributed by atoms with van der Waals surface area (Å²) < 4.78 is 29.6. The van der Waals surface area contributed by atoms with Crippen LogP contribution in [-0.4, -0.2) is 43.9 Å². The highest BCUT2D eigenvalue weighted by atomic mass is 32.1. The molecule has 48 heavy (non-hydrogen) atoms. The fourth-order valence-corrected chi connectivity index (χ4v) is 6.46. The summed E-state index contributed by atoms with van der Waals surface area (Å²) in [7, 11) is 3.06. The quantitative estimate of drug-likeness (QED) is 0.183. The fraction of sp³-hybridized carbons (Fsp3) is 0.189. The molecule has 1 atom stereocenters. The lowest BCUT2D eigenvalue weighted by Crippen LogP contribution is -2.40. The van der Waals surface area contributed by atoms with Crippen LogP contribution in [-0.2, 0) is 14.3 Å². The molecule has 0 amide bonds. The van der Waals surface area contributed by atoms with Crippen molar-refractivity contribution in [1.82, 2.24) is 4.57 Å². The van der Waals surface area contributed by atoms with E-state index in [-0.39, 0.29) is 17.7 Å². The Labute approximate surface area is 279 Å². The molecule has 0 spiro atoms. The van der Waals surface area contributed by atoms with Gasteiger partial charge in [0.05, 0.1) is 54.8 Å². The van der Waals surface area contributed by atoms with Crippen molar-refractivity contribution in [2.75, 3.05) is 27.4 Å². The largest absolute Gasteiger partial charge is 0.493 e. The minimum absolute atomic E-state index is 0.139. The van der Waals surface area contributed by atoms with Crippen LogP contribution in [0.5, 0.6) is 11.5 Å². The standard InChI is InChI=1S/C37H32N2O8S/c1-5-45-35(41)24-14-12-22(13-15-24)27-19-17-26(47-27)21-30-34(40)39-33(25-16-18-28(43-3)29(20-25)44-4)31(36(42)46-6-2)32(38-37(39)48-30)23-10-8-7-9-11-23/h7-21,33H,5-6H2,1-4H3/b30-21-/t33-/m0/s1. The molecule has 3 aromatic carbocycles. The van der Waals surface area contributed by atoms with Crippen molar-refractivity contribution in [1.29, 1.82) is 0 Å². The normalized spacial score (nSPS) is 14.2. The van der Waals surface area contributed by atoms with E-state index < -0.39 is 18.0 Å². The molecule has 1 aliphatic heterocycles. The number of aromatic nitrogens is 1. The minimum Gasteiger partial charge on any atom is -0.493 e. The molecule has 0 fully saturated rings. The van der Waals surface area contributed by atoms with Crippen LogP contribution in [0.15, 0.2) is 105 Å². The Morgan fingerprint density at radius 3 is 2.25 bits per heavy atom. The maximum atomic E-state index is 14.2. The van der Waals surface area contributed by atoms with Crippen LogP contribution in [0.3, 0.4) is 0 Å². The summed E-state index contributed by atoms with van der Waals surface area (Å²) in [5, 5.41) is 0. The van der Waals surface area contributed by atoms with E-state index in [9.17, 15) is 14.4 Å². The SMILES string of the molecule is CCOC(=O)C1=C(c2ccccc2)N=c2s/c(=C\c3ccc(-c4ccc(C(=O)OCC)cc4)o3)c(=O)n2[C@H]1c1ccc(OC)c(OC)c1. The van der Waals surface area contributed by atoms with Crippen molar-refractivity contribution in [3.05, 3.63) is 133 Å². The summed E-state index contributed by atoms with van der Waals surface area (Å²) in [5.41, 5.74) is 2.78. The summed E-state index contributed by atoms with van der Waals surface area (Å²) in [5.74, 6) is 0.968. The van der Waals surface area contributed by atoms with Crippen LogP contribution < -0.4 is 24.4 Å². The first-order chi connectivity index (χ1) is 23.4. The summed E-state index contributed by atoms with van der Waals surface area (Å²) in [6, 6.07) is 24.2. The van der Waals surface area contributed by atoms with Gasteiger partial charge in [0.15, 0.2) is 16.3 Å². The topological polar surface area (TPSA) is 119 Å². The van der Waals surface area contributed by atoms with Gasteiger partial charge in [-0.3, -0.25) is 9.36 Å². The first-order valence-corrected chi connectivity index (χ1v) is 16.1. The number of carbonyl (C=O) groups excluding carboxylic acids is 2. The number of ether oxygens (including phenoxy) is 4. The molecule has 1 aliphatic rings. The summed E-state index contributed by atoms with van der Waals surface area (Å²) >= 11 is 1.19. The van der Waals surface area contributed by atoms with E-state index >= 15 is 0 Å². The van der Waals surface area contributed by atoms with Gasteiger partial charge in [-0.05, 0) is 55.8 Å². The molecule has 0 unspecified atom stereocenters. The molecule has 0 aliphatic carbocycles. The van der Waals surface area contributed by atoms with E-state index in [0.29, 0.717) is 61.3 Å². The molecule has 0 bridgehead atoms. The molecule has 0 radical (unpaired) electrons. The summed E-state index contributed by atoms with van der Waals surface area (Å²) in [4.78, 5) is 45.3. The van der Waals surface area contributed by atoms with Gasteiger partial charge in [-0.1, -0.05) is 59.9 Å². The van der Waals surface area contributed by atoms with Crippen molar-refractivity contribution >= 4 is 35.0 Å². The molecular formula is C37H32N2O8S. The van der Waals surface area contributed by atoms with E-state index in [1.165, 1.54) is 30.1 Å². The predicted octanol–water partition coefficient (Wildman–Crippen LogP) is 5.39. The number of thiazole rings is 1. The average Bonchev–Trinajstić information content (AvgIpc) is 3.71. The Morgan fingerprint density at radius 1 is 0.854 bits per heavy atom. The number of nitrogens with zero attached hydrogens (tertiary/aromatic N) is 2. The Hall–Kier alpha value is -5.68. The second-order valence-corrected chi connectivity index (χ2v) is 11.6. The fourth-order valence-electron chi connectivity index (χ4n) is 5.48. The Morgan fingerprint density at radius 2 is 1.56 bits per heavy atom. The van der Waals surface area contributed by atoms with Crippen LogP contribution in [0.2, 0.25) is 0 Å². The maximum absolute atomic E-state index is 14.2. The smallest absolute Gasteiger partial charge is 0.338 e. The van der Waals surface area contributed by atoms with Crippen LogP contribution in [0.4, 0.5) is 0 Å². The van der Waals surface area contributed by atoms with E-state index in [4.69, 9.17) is 28.4 Å². The van der Waals surface area contributed by atoms with Gasteiger partial charge in [0.1, 0.15) is 11.5 Å². The third-order valence-electron chi connectivity index (χ3n) is 7.68. The third kappa shape index (κ3) is 6.19. The highest BCUT2D eigenvalue weighted by Gasteiger charge is 2.35. The number of methoxy groups -OCH3 is 2. The van der Waals surface area contributed by atoms with Crippen molar-refractivity contribution in [3.63, 3.8) is 0 Å². The minimum atomic E-state index is -0.887. The van der Waals surface area contributed by atoms with Gasteiger partial charge < -0.3 is 23.4 Å². The van der Waals surface area contributed by atoms with Crippen LogP contribution in [0.1, 0.15) is 47.1 Å². The number of hydrogen-bond acceptors (Lipinski definition) is 10. The van der Waals surface area contributed by atoms with Crippen molar-refractivity contribution in [2.24, 2.45) is 4.99 Å². The number of hydrogen-bond donors (Lipinski definition) is 0. The van der Waals surface area contributed by atoms with Crippen molar-refractivity contribution in [2.45, 2.75) is 19.9 Å². The lowest BCUT2D eigenvalue weighted by atomic mass is 9.93. The summed E-state index contributed by atoms with van der Waals surface area (Å²) in [6.45, 7) is 3.92. The van der Waals surface area contributed by atoms with E-state index in [1.807, 2.05) is 30.3 Å². The molecule has 2 aromatic heterocycles. The number of furan rings is 1. The van der Waals surface area contributed by atoms with Gasteiger partial charge in [0, 0.05) is 17.2 Å². The maximum Gasteiger partial charge on any atom is 0.338 e. The molecule has 244 valence electrons. The second-order valence-electron chi connectivity index (χ2n) is 10.5. The molecule has 3 heterocycles. The van der Waals surface area contributed by atoms with E-state index in [0.717, 1.165) is 5.56 Å². The van der Waals surface area contributed by atoms with E-state index in [1.54, 1.807) is 74.5 Å². The van der Waals surface area contributed by atoms with Gasteiger partial charge in [-0.15, -0.1) is 0 Å². The number of carbonyl (C=O) groups is 2. The van der Waals surface area contributed by atoms with Crippen molar-refractivity contribution < 1.29 is 33.0 Å². The molecule has 11 heteroatoms. The highest BCUT2D eigenvalue weighted by molar-refractivity contribution is 7.07. The number of esters is 2. The lowest BCUT2D eigenvalue weighted by Gasteiger charge is -2.26. The van der Waals surface area contributed by atoms with Crippen LogP contribution >= 0.6 is 11.3 Å². The summed E-state index contributed by atoms with van der Waals surface area (Å²) in [6.07, 6.45) is 1.65. The van der Waals surface area contributed by atoms with Gasteiger partial charge in [0.2, 0.25) is 0 Å². The average molecular weight is 665 g/mol. The van der Waals surface area contributed by atoms with E-state index in [2.05, 4.69) is 0 Å². The number of benzene rings is 3. The first kappa shape index (κ1) is 32.3. The molecule has 0 saturated heterocycles. The molecule has 0 saturated carbocycles. The third-order valence-corrected chi connectivity index (χ3v) is 8.66. The van der Waals surface area contributed by atoms with Crippen LogP contribution in [0, 0.1) is 0 Å². The number of rotatable bonds is 10. The second kappa shape index (κ2) is 14.0. The first-order valence-electron chi connectivity index (χ1n) is 15.2.